The molecule has 0 atom stereocenters. The summed E-state index contributed by atoms with van der Waals surface area (Å²) in [5, 5.41) is 5.37. The van der Waals surface area contributed by atoms with Crippen LogP contribution >= 0.6 is 22.9 Å². The van der Waals surface area contributed by atoms with E-state index >= 15 is 0 Å². The van der Waals surface area contributed by atoms with Gasteiger partial charge in [0.25, 0.3) is 5.91 Å². The zero-order valence-corrected chi connectivity index (χ0v) is 15.4. The number of hydrogen-bond donors (Lipinski definition) is 1. The molecule has 2 aromatic carbocycles. The standard InChI is InChI=1S/C19H17ClN2O2S/c1-3-12-6-9-15-16(10-12)25-18(17(15)20)19(23)22-21-11-13-4-7-14(24-2)8-5-13/h4-11H,3H2,1-2H3,(H,22,23)/b21-11-. The van der Waals surface area contributed by atoms with Crippen molar-refractivity contribution in [2.24, 2.45) is 5.10 Å². The first-order valence-electron chi connectivity index (χ1n) is 7.80. The highest BCUT2D eigenvalue weighted by atomic mass is 35.5. The molecule has 0 radical (unpaired) electrons. The van der Waals surface area contributed by atoms with Crippen LogP contribution in [0.5, 0.6) is 5.75 Å². The fourth-order valence-corrected chi connectivity index (χ4v) is 3.85. The fraction of sp³-hybridized carbons (Fsp3) is 0.158. The molecule has 0 aliphatic carbocycles. The summed E-state index contributed by atoms with van der Waals surface area (Å²) in [4.78, 5) is 12.8. The van der Waals surface area contributed by atoms with Crippen LogP contribution in [0, 0.1) is 0 Å². The van der Waals surface area contributed by atoms with Gasteiger partial charge in [-0.3, -0.25) is 4.79 Å². The molecule has 0 aliphatic heterocycles. The Morgan fingerprint density at radius 2 is 2.04 bits per heavy atom. The molecule has 1 N–H and O–H groups in total. The van der Waals surface area contributed by atoms with E-state index in [4.69, 9.17) is 16.3 Å². The van der Waals surface area contributed by atoms with Crippen LogP contribution in [0.25, 0.3) is 10.1 Å². The second-order valence-electron chi connectivity index (χ2n) is 5.40. The Balaban J connectivity index is 1.75. The first-order valence-corrected chi connectivity index (χ1v) is 9.00. The van der Waals surface area contributed by atoms with Gasteiger partial charge in [-0.2, -0.15) is 5.10 Å². The van der Waals surface area contributed by atoms with E-state index in [1.54, 1.807) is 13.3 Å². The molecule has 1 amide bonds. The molecule has 4 nitrogen and oxygen atoms in total. The van der Waals surface area contributed by atoms with Crippen molar-refractivity contribution in [2.45, 2.75) is 13.3 Å². The van der Waals surface area contributed by atoms with E-state index in [9.17, 15) is 4.79 Å². The van der Waals surface area contributed by atoms with Crippen LogP contribution in [-0.4, -0.2) is 19.2 Å². The number of hydrazone groups is 1. The number of fused-ring (bicyclic) bond motifs is 1. The summed E-state index contributed by atoms with van der Waals surface area (Å²) in [5.74, 6) is 0.457. The molecule has 0 saturated heterocycles. The summed E-state index contributed by atoms with van der Waals surface area (Å²) in [5.41, 5.74) is 4.61. The zero-order chi connectivity index (χ0) is 17.8. The van der Waals surface area contributed by atoms with Crippen LogP contribution in [0.3, 0.4) is 0 Å². The Kier molecular flexibility index (Phi) is 5.36. The first kappa shape index (κ1) is 17.5. The number of nitrogens with one attached hydrogen (secondary N) is 1. The first-order chi connectivity index (χ1) is 12.1. The second-order valence-corrected chi connectivity index (χ2v) is 6.83. The zero-order valence-electron chi connectivity index (χ0n) is 13.9. The molecule has 0 fully saturated rings. The van der Waals surface area contributed by atoms with Gasteiger partial charge in [0.05, 0.1) is 18.3 Å². The number of halogens is 1. The van der Waals surface area contributed by atoms with E-state index in [0.717, 1.165) is 27.8 Å². The third-order valence-corrected chi connectivity index (χ3v) is 5.46. The summed E-state index contributed by atoms with van der Waals surface area (Å²) in [6.45, 7) is 2.10. The highest BCUT2D eigenvalue weighted by Gasteiger charge is 2.16. The molecule has 1 heterocycles. The molecule has 0 saturated carbocycles. The Labute approximate surface area is 155 Å². The lowest BCUT2D eigenvalue weighted by Crippen LogP contribution is -2.16. The van der Waals surface area contributed by atoms with Crippen LogP contribution in [0.4, 0.5) is 0 Å². The minimum atomic E-state index is -0.311. The summed E-state index contributed by atoms with van der Waals surface area (Å²) in [6.07, 6.45) is 2.52. The maximum atomic E-state index is 12.4. The molecule has 0 bridgehead atoms. The third-order valence-electron chi connectivity index (χ3n) is 3.80. The Bertz CT molecular complexity index is 932. The molecule has 25 heavy (non-hydrogen) atoms. The summed E-state index contributed by atoms with van der Waals surface area (Å²) < 4.78 is 6.11. The fourth-order valence-electron chi connectivity index (χ4n) is 2.38. The van der Waals surface area contributed by atoms with Crippen LogP contribution in [0.1, 0.15) is 27.7 Å². The molecule has 6 heteroatoms. The van der Waals surface area contributed by atoms with E-state index < -0.39 is 0 Å². The molecule has 3 rings (SSSR count). The molecule has 0 spiro atoms. The lowest BCUT2D eigenvalue weighted by molar-refractivity contribution is 0.0959. The smallest absolute Gasteiger partial charge is 0.283 e. The average Bonchev–Trinajstić information content (AvgIpc) is 2.98. The van der Waals surface area contributed by atoms with Gasteiger partial charge in [0.2, 0.25) is 0 Å². The van der Waals surface area contributed by atoms with Crippen molar-refractivity contribution in [1.29, 1.82) is 0 Å². The number of methoxy groups -OCH3 is 1. The molecular weight excluding hydrogens is 356 g/mol. The lowest BCUT2D eigenvalue weighted by Gasteiger charge is -1.99. The van der Waals surface area contributed by atoms with Crippen LogP contribution in [0.15, 0.2) is 47.6 Å². The van der Waals surface area contributed by atoms with Crippen LogP contribution in [0.2, 0.25) is 5.02 Å². The normalized spacial score (nSPS) is 11.2. The number of aryl methyl sites for hydroxylation is 1. The molecule has 128 valence electrons. The van der Waals surface area contributed by atoms with Crippen molar-refractivity contribution in [3.8, 4) is 5.75 Å². The summed E-state index contributed by atoms with van der Waals surface area (Å²) >= 11 is 7.74. The summed E-state index contributed by atoms with van der Waals surface area (Å²) in [6, 6.07) is 13.4. The van der Waals surface area contributed by atoms with E-state index in [0.29, 0.717) is 9.90 Å². The SMILES string of the molecule is CCc1ccc2c(Cl)c(C(=O)N/N=C\c3ccc(OC)cc3)sc2c1. The monoisotopic (exact) mass is 372 g/mol. The lowest BCUT2D eigenvalue weighted by atomic mass is 10.1. The van der Waals surface area contributed by atoms with Crippen molar-refractivity contribution < 1.29 is 9.53 Å². The van der Waals surface area contributed by atoms with Crippen LogP contribution in [-0.2, 0) is 6.42 Å². The van der Waals surface area contributed by atoms with Crippen molar-refractivity contribution in [3.05, 3.63) is 63.5 Å². The average molecular weight is 373 g/mol. The number of ether oxygens (including phenoxy) is 1. The van der Waals surface area contributed by atoms with Crippen molar-refractivity contribution >= 4 is 45.1 Å². The number of carbonyl (C=O) groups excluding carboxylic acids is 1. The Morgan fingerprint density at radius 3 is 2.72 bits per heavy atom. The Hall–Kier alpha value is -2.37. The number of carbonyl (C=O) groups is 1. The molecule has 1 aromatic heterocycles. The number of thiophene rings is 1. The van der Waals surface area contributed by atoms with Crippen molar-refractivity contribution in [1.82, 2.24) is 5.43 Å². The van der Waals surface area contributed by atoms with Crippen molar-refractivity contribution in [3.63, 3.8) is 0 Å². The minimum Gasteiger partial charge on any atom is -0.497 e. The van der Waals surface area contributed by atoms with Gasteiger partial charge in [0.1, 0.15) is 10.6 Å². The minimum absolute atomic E-state index is 0.311. The molecule has 3 aromatic rings. The Morgan fingerprint density at radius 1 is 1.28 bits per heavy atom. The highest BCUT2D eigenvalue weighted by molar-refractivity contribution is 7.21. The van der Waals surface area contributed by atoms with Gasteiger partial charge in [-0.25, -0.2) is 5.43 Å². The van der Waals surface area contributed by atoms with Crippen molar-refractivity contribution in [2.75, 3.05) is 7.11 Å². The largest absolute Gasteiger partial charge is 0.497 e. The van der Waals surface area contributed by atoms with Gasteiger partial charge < -0.3 is 4.74 Å². The van der Waals surface area contributed by atoms with Gasteiger partial charge >= 0.3 is 0 Å². The van der Waals surface area contributed by atoms with Gasteiger partial charge in [-0.05, 0) is 47.9 Å². The van der Waals surface area contributed by atoms with E-state index in [2.05, 4.69) is 23.5 Å². The van der Waals surface area contributed by atoms with E-state index in [1.165, 1.54) is 16.9 Å². The second kappa shape index (κ2) is 7.68. The maximum absolute atomic E-state index is 12.4. The highest BCUT2D eigenvalue weighted by Crippen LogP contribution is 2.35. The van der Waals surface area contributed by atoms with E-state index in [-0.39, 0.29) is 5.91 Å². The van der Waals surface area contributed by atoms with Gasteiger partial charge in [-0.1, -0.05) is 30.7 Å². The number of amides is 1. The van der Waals surface area contributed by atoms with E-state index in [1.807, 2.05) is 36.4 Å². The number of hydrogen-bond acceptors (Lipinski definition) is 4. The van der Waals surface area contributed by atoms with Crippen LogP contribution < -0.4 is 10.2 Å². The number of nitrogens with zero attached hydrogens (tertiary/aromatic N) is 1. The molecular formula is C19H17ClN2O2S. The predicted molar refractivity (Wildman–Crippen MR) is 104 cm³/mol. The third kappa shape index (κ3) is 3.83. The number of benzene rings is 2. The maximum Gasteiger partial charge on any atom is 0.283 e. The topological polar surface area (TPSA) is 50.7 Å². The van der Waals surface area contributed by atoms with Gasteiger partial charge in [0.15, 0.2) is 0 Å². The summed E-state index contributed by atoms with van der Waals surface area (Å²) in [7, 11) is 1.61. The molecule has 0 unspecified atom stereocenters. The van der Waals surface area contributed by atoms with Gasteiger partial charge in [0, 0.05) is 10.1 Å². The predicted octanol–water partition coefficient (Wildman–Crippen LogP) is 4.89. The molecule has 0 aliphatic rings. The quantitative estimate of drug-likeness (QED) is 0.512. The van der Waals surface area contributed by atoms with Gasteiger partial charge in [-0.15, -0.1) is 11.3 Å². The number of rotatable bonds is 5.